The number of rotatable bonds is 2. The Hall–Kier alpha value is -1.57. The van der Waals surface area contributed by atoms with Gasteiger partial charge in [0.15, 0.2) is 5.78 Å². The Morgan fingerprint density at radius 3 is 2.56 bits per heavy atom. The highest BCUT2D eigenvalue weighted by atomic mass is 16.1. The quantitative estimate of drug-likeness (QED) is 0.796. The van der Waals surface area contributed by atoms with Crippen LogP contribution in [-0.2, 0) is 4.79 Å². The zero-order valence-electron chi connectivity index (χ0n) is 11.4. The third-order valence-electron chi connectivity index (χ3n) is 3.48. The highest BCUT2D eigenvalue weighted by molar-refractivity contribution is 5.97. The summed E-state index contributed by atoms with van der Waals surface area (Å²) in [5.74, 6) is 0.490. The number of benzene rings is 1. The van der Waals surface area contributed by atoms with Gasteiger partial charge in [-0.15, -0.1) is 0 Å². The number of Topliss-reactive ketones (excluding diaryl/α,β-unsaturated/α-hetero) is 1. The summed E-state index contributed by atoms with van der Waals surface area (Å²) in [5, 5.41) is 3.26. The van der Waals surface area contributed by atoms with Crippen LogP contribution >= 0.6 is 0 Å². The van der Waals surface area contributed by atoms with E-state index < -0.39 is 0 Å². The standard InChI is InChI=1S/C16H21NO/c1-11-7-12(2)9-15(8-11)17-10-14-6-4-5-13(3)16(14)18/h7-10,13,17H,4-6H2,1-3H3/b14-10-/t13-/m1/s1. The maximum Gasteiger partial charge on any atom is 0.163 e. The van der Waals surface area contributed by atoms with Crippen molar-refractivity contribution in [3.8, 4) is 0 Å². The molecule has 1 aromatic rings. The summed E-state index contributed by atoms with van der Waals surface area (Å²) in [6.07, 6.45) is 4.94. The number of carbonyl (C=O) groups is 1. The maximum absolute atomic E-state index is 12.0. The summed E-state index contributed by atoms with van der Waals surface area (Å²) >= 11 is 0. The van der Waals surface area contributed by atoms with Gasteiger partial charge >= 0.3 is 0 Å². The van der Waals surface area contributed by atoms with E-state index in [4.69, 9.17) is 0 Å². The van der Waals surface area contributed by atoms with Gasteiger partial charge in [0.1, 0.15) is 0 Å². The first kappa shape index (κ1) is 12.9. The lowest BCUT2D eigenvalue weighted by Crippen LogP contribution is -2.19. The summed E-state index contributed by atoms with van der Waals surface area (Å²) in [6.45, 7) is 6.18. The zero-order chi connectivity index (χ0) is 13.1. The Morgan fingerprint density at radius 2 is 1.89 bits per heavy atom. The number of nitrogens with one attached hydrogen (secondary N) is 1. The average Bonchev–Trinajstić information content (AvgIpc) is 2.30. The van der Waals surface area contributed by atoms with Crippen LogP contribution in [0.2, 0.25) is 0 Å². The molecule has 0 radical (unpaired) electrons. The molecule has 18 heavy (non-hydrogen) atoms. The minimum absolute atomic E-state index is 0.186. The lowest BCUT2D eigenvalue weighted by atomic mass is 9.86. The molecule has 1 aliphatic carbocycles. The lowest BCUT2D eigenvalue weighted by molar-refractivity contribution is -0.119. The van der Waals surface area contributed by atoms with Crippen molar-refractivity contribution in [3.05, 3.63) is 41.1 Å². The summed E-state index contributed by atoms with van der Waals surface area (Å²) in [7, 11) is 0. The van der Waals surface area contributed by atoms with Crippen LogP contribution in [0.15, 0.2) is 30.0 Å². The normalized spacial score (nSPS) is 22.3. The van der Waals surface area contributed by atoms with Gasteiger partial charge in [0.2, 0.25) is 0 Å². The van der Waals surface area contributed by atoms with Crippen molar-refractivity contribution >= 4 is 11.5 Å². The van der Waals surface area contributed by atoms with E-state index in [1.807, 2.05) is 13.1 Å². The lowest BCUT2D eigenvalue weighted by Gasteiger charge is -2.19. The van der Waals surface area contributed by atoms with Crippen LogP contribution in [0.3, 0.4) is 0 Å². The molecular weight excluding hydrogens is 222 g/mol. The van der Waals surface area contributed by atoms with E-state index in [2.05, 4.69) is 37.4 Å². The number of hydrogen-bond acceptors (Lipinski definition) is 2. The zero-order valence-corrected chi connectivity index (χ0v) is 11.4. The summed E-state index contributed by atoms with van der Waals surface area (Å²) < 4.78 is 0. The summed E-state index contributed by atoms with van der Waals surface area (Å²) in [5.41, 5.74) is 4.47. The fourth-order valence-electron chi connectivity index (χ4n) is 2.54. The second-order valence-electron chi connectivity index (χ2n) is 5.35. The highest BCUT2D eigenvalue weighted by Gasteiger charge is 2.22. The van der Waals surface area contributed by atoms with Gasteiger partial charge in [-0.3, -0.25) is 4.79 Å². The van der Waals surface area contributed by atoms with E-state index in [1.165, 1.54) is 11.1 Å². The van der Waals surface area contributed by atoms with Crippen LogP contribution in [0.1, 0.15) is 37.3 Å². The van der Waals surface area contributed by atoms with Crippen LogP contribution in [0.25, 0.3) is 0 Å². The smallest absolute Gasteiger partial charge is 0.163 e. The van der Waals surface area contributed by atoms with Gasteiger partial charge < -0.3 is 5.32 Å². The van der Waals surface area contributed by atoms with Crippen molar-refractivity contribution in [2.75, 3.05) is 5.32 Å². The van der Waals surface area contributed by atoms with Gasteiger partial charge in [-0.05, 0) is 56.4 Å². The second-order valence-corrected chi connectivity index (χ2v) is 5.35. The van der Waals surface area contributed by atoms with Crippen molar-refractivity contribution < 1.29 is 4.79 Å². The monoisotopic (exact) mass is 243 g/mol. The van der Waals surface area contributed by atoms with E-state index in [1.54, 1.807) is 0 Å². The van der Waals surface area contributed by atoms with E-state index in [0.717, 1.165) is 30.5 Å². The minimum atomic E-state index is 0.186. The van der Waals surface area contributed by atoms with Crippen molar-refractivity contribution in [2.24, 2.45) is 5.92 Å². The SMILES string of the molecule is Cc1cc(C)cc(N/C=C2/CCC[C@@H](C)C2=O)c1. The van der Waals surface area contributed by atoms with Crippen molar-refractivity contribution in [1.29, 1.82) is 0 Å². The predicted octanol–water partition coefficient (Wildman–Crippen LogP) is 3.99. The first-order valence-corrected chi connectivity index (χ1v) is 6.64. The third kappa shape index (κ3) is 3.00. The number of aryl methyl sites for hydroxylation is 2. The Bertz CT molecular complexity index is 468. The molecule has 0 aromatic heterocycles. The molecule has 0 saturated heterocycles. The Labute approximate surface area is 109 Å². The first-order chi connectivity index (χ1) is 8.56. The van der Waals surface area contributed by atoms with Crippen LogP contribution in [0, 0.1) is 19.8 Å². The number of ketones is 1. The van der Waals surface area contributed by atoms with Crippen molar-refractivity contribution in [1.82, 2.24) is 0 Å². The van der Waals surface area contributed by atoms with Crippen LogP contribution in [0.4, 0.5) is 5.69 Å². The minimum Gasteiger partial charge on any atom is -0.361 e. The molecule has 0 spiro atoms. The molecule has 2 nitrogen and oxygen atoms in total. The molecule has 1 fully saturated rings. The van der Waals surface area contributed by atoms with Gasteiger partial charge in [0.25, 0.3) is 0 Å². The molecule has 1 saturated carbocycles. The predicted molar refractivity (Wildman–Crippen MR) is 75.6 cm³/mol. The molecule has 2 heteroatoms. The van der Waals surface area contributed by atoms with Crippen LogP contribution in [0.5, 0.6) is 0 Å². The van der Waals surface area contributed by atoms with Crippen molar-refractivity contribution in [3.63, 3.8) is 0 Å². The van der Waals surface area contributed by atoms with E-state index in [-0.39, 0.29) is 5.92 Å². The number of hydrogen-bond donors (Lipinski definition) is 1. The van der Waals surface area contributed by atoms with Gasteiger partial charge in [0.05, 0.1) is 0 Å². The van der Waals surface area contributed by atoms with Gasteiger partial charge in [-0.25, -0.2) is 0 Å². The first-order valence-electron chi connectivity index (χ1n) is 6.64. The molecule has 1 aromatic carbocycles. The fourth-order valence-corrected chi connectivity index (χ4v) is 2.54. The molecule has 0 aliphatic heterocycles. The molecule has 0 heterocycles. The fraction of sp³-hybridized carbons (Fsp3) is 0.438. The second kappa shape index (κ2) is 5.38. The Balaban J connectivity index is 2.12. The molecule has 96 valence electrons. The molecule has 0 unspecified atom stereocenters. The molecular formula is C16H21NO. The molecule has 1 N–H and O–H groups in total. The highest BCUT2D eigenvalue weighted by Crippen LogP contribution is 2.25. The largest absolute Gasteiger partial charge is 0.361 e. The molecule has 1 aliphatic rings. The number of anilines is 1. The summed E-state index contributed by atoms with van der Waals surface area (Å²) in [6, 6.07) is 6.34. The third-order valence-corrected chi connectivity index (χ3v) is 3.48. The van der Waals surface area contributed by atoms with Gasteiger partial charge in [-0.1, -0.05) is 13.0 Å². The Morgan fingerprint density at radius 1 is 1.22 bits per heavy atom. The number of carbonyl (C=O) groups excluding carboxylic acids is 1. The maximum atomic E-state index is 12.0. The van der Waals surface area contributed by atoms with Gasteiger partial charge in [0, 0.05) is 23.4 Å². The van der Waals surface area contributed by atoms with E-state index in [9.17, 15) is 4.79 Å². The Kier molecular flexibility index (Phi) is 3.85. The molecule has 2 rings (SSSR count). The molecule has 0 bridgehead atoms. The van der Waals surface area contributed by atoms with E-state index in [0.29, 0.717) is 5.78 Å². The number of allylic oxidation sites excluding steroid dienone is 1. The van der Waals surface area contributed by atoms with Crippen LogP contribution < -0.4 is 5.32 Å². The molecule has 1 atom stereocenters. The topological polar surface area (TPSA) is 29.1 Å². The molecule has 0 amide bonds. The average molecular weight is 243 g/mol. The van der Waals surface area contributed by atoms with Crippen molar-refractivity contribution in [2.45, 2.75) is 40.0 Å². The summed E-state index contributed by atoms with van der Waals surface area (Å²) in [4.78, 5) is 12.0. The van der Waals surface area contributed by atoms with Crippen LogP contribution in [-0.4, -0.2) is 5.78 Å². The van der Waals surface area contributed by atoms with Gasteiger partial charge in [-0.2, -0.15) is 0 Å². The van der Waals surface area contributed by atoms with E-state index >= 15 is 0 Å².